The number of unbranched alkanes of at least 4 members (excludes halogenated alkanes) is 3. The lowest BCUT2D eigenvalue weighted by atomic mass is 9.90. The van der Waals surface area contributed by atoms with Gasteiger partial charge < -0.3 is 14.8 Å². The summed E-state index contributed by atoms with van der Waals surface area (Å²) in [5, 5.41) is 2.51. The molecular weight excluding hydrogens is 442 g/mol. The Labute approximate surface area is 209 Å². The van der Waals surface area contributed by atoms with Crippen LogP contribution in [0.25, 0.3) is 0 Å². The van der Waals surface area contributed by atoms with Crippen LogP contribution in [0.4, 0.5) is 0 Å². The molecule has 1 N–H and O–H groups in total. The van der Waals surface area contributed by atoms with Crippen molar-refractivity contribution in [2.24, 2.45) is 0 Å². The first-order chi connectivity index (χ1) is 16.9. The number of hydrogen-bond donors (Lipinski definition) is 1. The molecule has 6 nitrogen and oxygen atoms in total. The van der Waals surface area contributed by atoms with E-state index in [1.807, 2.05) is 12.1 Å². The van der Waals surface area contributed by atoms with Gasteiger partial charge in [-0.15, -0.1) is 0 Å². The van der Waals surface area contributed by atoms with Crippen molar-refractivity contribution < 1.29 is 23.9 Å². The Balaban J connectivity index is 1.88. The molecule has 0 saturated heterocycles. The van der Waals surface area contributed by atoms with E-state index in [1.165, 1.54) is 37.3 Å². The zero-order valence-corrected chi connectivity index (χ0v) is 21.3. The summed E-state index contributed by atoms with van der Waals surface area (Å²) in [6, 6.07) is 18.8. The van der Waals surface area contributed by atoms with Crippen molar-refractivity contribution in [3.05, 3.63) is 71.3 Å². The van der Waals surface area contributed by atoms with Crippen LogP contribution in [-0.4, -0.2) is 36.6 Å². The van der Waals surface area contributed by atoms with Crippen LogP contribution in [0.15, 0.2) is 54.6 Å². The third kappa shape index (κ3) is 9.19. The number of aryl methyl sites for hydroxylation is 3. The first-order valence-electron chi connectivity index (χ1n) is 12.7. The third-order valence-electron chi connectivity index (χ3n) is 5.97. The van der Waals surface area contributed by atoms with Crippen LogP contribution in [0.1, 0.15) is 69.6 Å². The Morgan fingerprint density at radius 3 is 1.60 bits per heavy atom. The summed E-state index contributed by atoms with van der Waals surface area (Å²) in [7, 11) is 0. The second-order valence-corrected chi connectivity index (χ2v) is 8.74. The van der Waals surface area contributed by atoms with Crippen LogP contribution in [0.2, 0.25) is 0 Å². The molecule has 0 aliphatic heterocycles. The molecule has 2 aromatic rings. The van der Waals surface area contributed by atoms with Gasteiger partial charge in [0, 0.05) is 6.92 Å². The molecule has 0 heterocycles. The van der Waals surface area contributed by atoms with E-state index in [0.29, 0.717) is 6.42 Å². The van der Waals surface area contributed by atoms with E-state index in [0.717, 1.165) is 24.8 Å². The Morgan fingerprint density at radius 1 is 0.686 bits per heavy atom. The van der Waals surface area contributed by atoms with Gasteiger partial charge in [0.1, 0.15) is 0 Å². The standard InChI is InChI=1S/C29H39NO5/c1-4-34-27(32)29(30-23(3)31,28(33)35-5-2)22-21-26-19-17-25(18-20-26)16-10-7-6-9-13-24-14-11-8-12-15-24/h8,11-12,14-15,17-20H,4-7,9-10,13,16,21-22H2,1-3H3,(H,30,31). The first kappa shape index (κ1) is 28.1. The highest BCUT2D eigenvalue weighted by molar-refractivity contribution is 6.07. The predicted octanol–water partition coefficient (Wildman–Crippen LogP) is 4.97. The lowest BCUT2D eigenvalue weighted by Crippen LogP contribution is -2.61. The van der Waals surface area contributed by atoms with Gasteiger partial charge in [0.15, 0.2) is 0 Å². The topological polar surface area (TPSA) is 81.7 Å². The average molecular weight is 482 g/mol. The number of esters is 2. The minimum atomic E-state index is -1.85. The summed E-state index contributed by atoms with van der Waals surface area (Å²) in [5.41, 5.74) is 1.79. The Hall–Kier alpha value is -3.15. The van der Waals surface area contributed by atoms with E-state index in [1.54, 1.807) is 13.8 Å². The van der Waals surface area contributed by atoms with Gasteiger partial charge in [-0.25, -0.2) is 9.59 Å². The van der Waals surface area contributed by atoms with Crippen LogP contribution in [-0.2, 0) is 43.1 Å². The maximum absolute atomic E-state index is 12.7. The summed E-state index contributed by atoms with van der Waals surface area (Å²) in [4.78, 5) is 37.3. The quantitative estimate of drug-likeness (QED) is 0.221. The molecule has 2 rings (SSSR count). The van der Waals surface area contributed by atoms with Gasteiger partial charge in [0.2, 0.25) is 11.4 Å². The van der Waals surface area contributed by atoms with Gasteiger partial charge in [-0.3, -0.25) is 4.79 Å². The number of ether oxygens (including phenoxy) is 2. The van der Waals surface area contributed by atoms with Gasteiger partial charge in [-0.2, -0.15) is 0 Å². The normalized spacial score (nSPS) is 11.1. The average Bonchev–Trinajstić information content (AvgIpc) is 2.85. The van der Waals surface area contributed by atoms with E-state index in [4.69, 9.17) is 9.47 Å². The molecule has 0 spiro atoms. The van der Waals surface area contributed by atoms with E-state index >= 15 is 0 Å². The zero-order chi connectivity index (χ0) is 25.5. The lowest BCUT2D eigenvalue weighted by molar-refractivity contribution is -0.168. The summed E-state index contributed by atoms with van der Waals surface area (Å²) in [5.74, 6) is -2.08. The number of benzene rings is 2. The van der Waals surface area contributed by atoms with Gasteiger partial charge in [0.25, 0.3) is 0 Å². The van der Waals surface area contributed by atoms with Crippen molar-refractivity contribution in [2.45, 2.75) is 77.7 Å². The fourth-order valence-electron chi connectivity index (χ4n) is 4.12. The molecule has 190 valence electrons. The Kier molecular flexibility index (Phi) is 12.0. The molecule has 0 unspecified atom stereocenters. The number of amides is 1. The number of nitrogens with one attached hydrogen (secondary N) is 1. The maximum Gasteiger partial charge on any atom is 0.343 e. The molecule has 0 saturated carbocycles. The molecule has 2 aromatic carbocycles. The molecule has 0 aliphatic carbocycles. The van der Waals surface area contributed by atoms with E-state index in [-0.39, 0.29) is 19.6 Å². The van der Waals surface area contributed by atoms with Crippen molar-refractivity contribution in [1.29, 1.82) is 0 Å². The monoisotopic (exact) mass is 481 g/mol. The highest BCUT2D eigenvalue weighted by Crippen LogP contribution is 2.21. The third-order valence-corrected chi connectivity index (χ3v) is 5.97. The number of rotatable bonds is 15. The van der Waals surface area contributed by atoms with Gasteiger partial charge >= 0.3 is 11.9 Å². The molecule has 6 heteroatoms. The summed E-state index contributed by atoms with van der Waals surface area (Å²) < 4.78 is 10.3. The zero-order valence-electron chi connectivity index (χ0n) is 21.3. The summed E-state index contributed by atoms with van der Waals surface area (Å²) >= 11 is 0. The van der Waals surface area contributed by atoms with Gasteiger partial charge in [0.05, 0.1) is 13.2 Å². The fourth-order valence-corrected chi connectivity index (χ4v) is 4.12. The molecular formula is C29H39NO5. The molecule has 0 atom stereocenters. The molecule has 0 aliphatic rings. The number of carbonyl (C=O) groups excluding carboxylic acids is 3. The van der Waals surface area contributed by atoms with Crippen molar-refractivity contribution in [3.63, 3.8) is 0 Å². The van der Waals surface area contributed by atoms with Crippen molar-refractivity contribution in [3.8, 4) is 0 Å². The Morgan fingerprint density at radius 2 is 1.14 bits per heavy atom. The molecule has 35 heavy (non-hydrogen) atoms. The van der Waals surface area contributed by atoms with Crippen LogP contribution in [0.3, 0.4) is 0 Å². The largest absolute Gasteiger partial charge is 0.464 e. The van der Waals surface area contributed by atoms with E-state index < -0.39 is 23.4 Å². The minimum absolute atomic E-state index is 0.0605. The summed E-state index contributed by atoms with van der Waals surface area (Å²) in [6.45, 7) is 4.78. The van der Waals surface area contributed by atoms with Crippen LogP contribution < -0.4 is 5.32 Å². The van der Waals surface area contributed by atoms with E-state index in [2.05, 4.69) is 47.8 Å². The lowest BCUT2D eigenvalue weighted by Gasteiger charge is -2.29. The number of carbonyl (C=O) groups is 3. The highest BCUT2D eigenvalue weighted by atomic mass is 16.6. The molecule has 0 radical (unpaired) electrons. The van der Waals surface area contributed by atoms with Crippen LogP contribution in [0, 0.1) is 0 Å². The molecule has 0 aromatic heterocycles. The van der Waals surface area contributed by atoms with E-state index in [9.17, 15) is 14.4 Å². The minimum Gasteiger partial charge on any atom is -0.464 e. The van der Waals surface area contributed by atoms with Crippen LogP contribution >= 0.6 is 0 Å². The predicted molar refractivity (Wildman–Crippen MR) is 137 cm³/mol. The number of hydrogen-bond acceptors (Lipinski definition) is 5. The van der Waals surface area contributed by atoms with Crippen molar-refractivity contribution in [1.82, 2.24) is 5.32 Å². The summed E-state index contributed by atoms with van der Waals surface area (Å²) in [6.07, 6.45) is 7.40. The fraction of sp³-hybridized carbons (Fsp3) is 0.483. The maximum atomic E-state index is 12.7. The Bertz CT molecular complexity index is 906. The SMILES string of the molecule is CCOC(=O)C(CCc1ccc(CCCCCCc2ccccc2)cc1)(NC(C)=O)C(=O)OCC. The van der Waals surface area contributed by atoms with Crippen LogP contribution in [0.5, 0.6) is 0 Å². The smallest absolute Gasteiger partial charge is 0.343 e. The van der Waals surface area contributed by atoms with Crippen molar-refractivity contribution >= 4 is 17.8 Å². The second kappa shape index (κ2) is 15.0. The first-order valence-corrected chi connectivity index (χ1v) is 12.7. The molecule has 1 amide bonds. The second-order valence-electron chi connectivity index (χ2n) is 8.74. The van der Waals surface area contributed by atoms with Gasteiger partial charge in [-0.1, -0.05) is 67.4 Å². The highest BCUT2D eigenvalue weighted by Gasteiger charge is 2.49. The van der Waals surface area contributed by atoms with Crippen molar-refractivity contribution in [2.75, 3.05) is 13.2 Å². The molecule has 0 bridgehead atoms. The molecule has 0 fully saturated rings. The van der Waals surface area contributed by atoms with Gasteiger partial charge in [-0.05, 0) is 69.1 Å².